The molecule has 1 saturated carbocycles. The summed E-state index contributed by atoms with van der Waals surface area (Å²) < 4.78 is 5.37. The summed E-state index contributed by atoms with van der Waals surface area (Å²) in [6.07, 6.45) is 8.56. The zero-order valence-electron chi connectivity index (χ0n) is 14.2. The minimum Gasteiger partial charge on any atom is -0.339 e. The van der Waals surface area contributed by atoms with Gasteiger partial charge in [0.15, 0.2) is 5.82 Å². The summed E-state index contributed by atoms with van der Waals surface area (Å²) in [7, 11) is 0. The van der Waals surface area contributed by atoms with Crippen molar-refractivity contribution in [3.05, 3.63) is 41.8 Å². The summed E-state index contributed by atoms with van der Waals surface area (Å²) in [6.45, 7) is 5.12. The average molecular weight is 327 g/mol. The Morgan fingerprint density at radius 2 is 2.29 bits per heavy atom. The van der Waals surface area contributed by atoms with Crippen LogP contribution in [-0.4, -0.2) is 39.2 Å². The Morgan fingerprint density at radius 3 is 3.08 bits per heavy atom. The van der Waals surface area contributed by atoms with Crippen molar-refractivity contribution >= 4 is 0 Å². The van der Waals surface area contributed by atoms with Gasteiger partial charge in [-0.2, -0.15) is 4.98 Å². The van der Waals surface area contributed by atoms with Gasteiger partial charge in [0.05, 0.1) is 6.54 Å². The molecular weight excluding hydrogens is 302 g/mol. The van der Waals surface area contributed by atoms with Crippen LogP contribution in [0.5, 0.6) is 0 Å². The highest BCUT2D eigenvalue weighted by Crippen LogP contribution is 2.38. The maximum atomic E-state index is 5.37. The standard InChI is InChI=1S/C18H25N5O/c1-13(15-4-2-8-19-10-15)20-16-5-3-9-23(11-16)12-17-21-18(24-22-17)14-6-7-14/h2,4,8,10,13-14,16,20H,3,5-7,9,11-12H2,1H3. The molecule has 1 saturated heterocycles. The number of pyridine rings is 1. The number of hydrogen-bond donors (Lipinski definition) is 1. The Bertz CT molecular complexity index is 654. The second-order valence-corrected chi connectivity index (χ2v) is 7.07. The van der Waals surface area contributed by atoms with E-state index in [0.717, 1.165) is 31.3 Å². The predicted octanol–water partition coefficient (Wildman–Crippen LogP) is 2.66. The van der Waals surface area contributed by atoms with Crippen LogP contribution in [0, 0.1) is 0 Å². The Balaban J connectivity index is 1.31. The number of hydrogen-bond acceptors (Lipinski definition) is 6. The van der Waals surface area contributed by atoms with E-state index in [2.05, 4.69) is 38.3 Å². The summed E-state index contributed by atoms with van der Waals surface area (Å²) in [6, 6.07) is 4.93. The van der Waals surface area contributed by atoms with E-state index < -0.39 is 0 Å². The van der Waals surface area contributed by atoms with Crippen molar-refractivity contribution in [3.63, 3.8) is 0 Å². The zero-order valence-corrected chi connectivity index (χ0v) is 14.2. The van der Waals surface area contributed by atoms with Crippen molar-refractivity contribution in [2.45, 2.75) is 57.2 Å². The molecule has 24 heavy (non-hydrogen) atoms. The monoisotopic (exact) mass is 327 g/mol. The van der Waals surface area contributed by atoms with Crippen LogP contribution in [0.4, 0.5) is 0 Å². The van der Waals surface area contributed by atoms with Crippen molar-refractivity contribution in [3.8, 4) is 0 Å². The van der Waals surface area contributed by atoms with Crippen molar-refractivity contribution in [2.24, 2.45) is 0 Å². The highest BCUT2D eigenvalue weighted by molar-refractivity contribution is 5.13. The van der Waals surface area contributed by atoms with Crippen LogP contribution in [-0.2, 0) is 6.54 Å². The molecule has 1 N–H and O–H groups in total. The van der Waals surface area contributed by atoms with Crippen LogP contribution in [0.1, 0.15) is 61.8 Å². The first-order valence-corrected chi connectivity index (χ1v) is 8.99. The number of rotatable bonds is 6. The SMILES string of the molecule is CC(NC1CCCN(Cc2noc(C3CC3)n2)C1)c1cccnc1. The fourth-order valence-corrected chi connectivity index (χ4v) is 3.44. The highest BCUT2D eigenvalue weighted by Gasteiger charge is 2.30. The maximum Gasteiger partial charge on any atom is 0.229 e. The smallest absolute Gasteiger partial charge is 0.229 e. The van der Waals surface area contributed by atoms with Gasteiger partial charge in [0, 0.05) is 36.9 Å². The van der Waals surface area contributed by atoms with Gasteiger partial charge in [0.1, 0.15) is 0 Å². The van der Waals surface area contributed by atoms with E-state index in [-0.39, 0.29) is 0 Å². The second-order valence-electron chi connectivity index (χ2n) is 7.07. The Hall–Kier alpha value is -1.79. The molecule has 1 aliphatic carbocycles. The lowest BCUT2D eigenvalue weighted by Crippen LogP contribution is -2.46. The van der Waals surface area contributed by atoms with E-state index in [4.69, 9.17) is 4.52 Å². The quantitative estimate of drug-likeness (QED) is 0.880. The molecule has 0 bridgehead atoms. The molecule has 4 rings (SSSR count). The van der Waals surface area contributed by atoms with Crippen LogP contribution in [0.25, 0.3) is 0 Å². The zero-order chi connectivity index (χ0) is 16.4. The van der Waals surface area contributed by atoms with Gasteiger partial charge in [-0.1, -0.05) is 11.2 Å². The molecule has 0 amide bonds. The van der Waals surface area contributed by atoms with Crippen molar-refractivity contribution < 1.29 is 4.52 Å². The molecule has 0 spiro atoms. The number of aromatic nitrogens is 3. The Morgan fingerprint density at radius 1 is 1.38 bits per heavy atom. The summed E-state index contributed by atoms with van der Waals surface area (Å²) in [5.74, 6) is 2.20. The second kappa shape index (κ2) is 6.99. The lowest BCUT2D eigenvalue weighted by atomic mass is 10.0. The van der Waals surface area contributed by atoms with Gasteiger partial charge in [-0.3, -0.25) is 9.88 Å². The first-order chi connectivity index (χ1) is 11.8. The molecule has 0 radical (unpaired) electrons. The van der Waals surface area contributed by atoms with Gasteiger partial charge in [0.25, 0.3) is 0 Å². The van der Waals surface area contributed by atoms with Crippen LogP contribution in [0.3, 0.4) is 0 Å². The summed E-state index contributed by atoms with van der Waals surface area (Å²) >= 11 is 0. The van der Waals surface area contributed by atoms with E-state index in [1.807, 2.05) is 18.5 Å². The fourth-order valence-electron chi connectivity index (χ4n) is 3.44. The van der Waals surface area contributed by atoms with Gasteiger partial charge < -0.3 is 9.84 Å². The lowest BCUT2D eigenvalue weighted by Gasteiger charge is -2.34. The van der Waals surface area contributed by atoms with Gasteiger partial charge >= 0.3 is 0 Å². The van der Waals surface area contributed by atoms with Crippen LogP contribution in [0.15, 0.2) is 29.0 Å². The molecule has 2 atom stereocenters. The van der Waals surface area contributed by atoms with Crippen molar-refractivity contribution in [1.82, 2.24) is 25.3 Å². The van der Waals surface area contributed by atoms with E-state index >= 15 is 0 Å². The first-order valence-electron chi connectivity index (χ1n) is 8.99. The minimum absolute atomic E-state index is 0.315. The molecular formula is C18H25N5O. The average Bonchev–Trinajstić information content (AvgIpc) is 3.36. The summed E-state index contributed by atoms with van der Waals surface area (Å²) in [4.78, 5) is 11.2. The lowest BCUT2D eigenvalue weighted by molar-refractivity contribution is 0.172. The largest absolute Gasteiger partial charge is 0.339 e. The third-order valence-electron chi connectivity index (χ3n) is 4.95. The van der Waals surface area contributed by atoms with E-state index in [0.29, 0.717) is 18.0 Å². The van der Waals surface area contributed by atoms with Crippen LogP contribution >= 0.6 is 0 Å². The van der Waals surface area contributed by atoms with Crippen molar-refractivity contribution in [1.29, 1.82) is 0 Å². The fraction of sp³-hybridized carbons (Fsp3) is 0.611. The van der Waals surface area contributed by atoms with E-state index in [1.54, 1.807) is 0 Å². The number of likely N-dealkylation sites (tertiary alicyclic amines) is 1. The maximum absolute atomic E-state index is 5.37. The normalized spacial score (nSPS) is 23.3. The van der Waals surface area contributed by atoms with Gasteiger partial charge in [-0.25, -0.2) is 0 Å². The molecule has 2 aromatic heterocycles. The van der Waals surface area contributed by atoms with Gasteiger partial charge in [-0.05, 0) is 50.8 Å². The molecule has 1 aliphatic heterocycles. The van der Waals surface area contributed by atoms with Crippen molar-refractivity contribution in [2.75, 3.05) is 13.1 Å². The number of piperidine rings is 1. The molecule has 2 unspecified atom stereocenters. The molecule has 3 heterocycles. The predicted molar refractivity (Wildman–Crippen MR) is 90.4 cm³/mol. The molecule has 128 valence electrons. The molecule has 6 heteroatoms. The van der Waals surface area contributed by atoms with E-state index in [9.17, 15) is 0 Å². The topological polar surface area (TPSA) is 67.1 Å². The first kappa shape index (κ1) is 15.7. The van der Waals surface area contributed by atoms with Crippen LogP contribution in [0.2, 0.25) is 0 Å². The molecule has 2 aromatic rings. The summed E-state index contributed by atoms with van der Waals surface area (Å²) in [5.41, 5.74) is 1.24. The Kier molecular flexibility index (Phi) is 4.58. The van der Waals surface area contributed by atoms with Crippen LogP contribution < -0.4 is 5.32 Å². The molecule has 2 aliphatic rings. The minimum atomic E-state index is 0.315. The molecule has 0 aromatic carbocycles. The van der Waals surface area contributed by atoms with Gasteiger partial charge in [0.2, 0.25) is 5.89 Å². The highest BCUT2D eigenvalue weighted by atomic mass is 16.5. The third-order valence-corrected chi connectivity index (χ3v) is 4.95. The molecule has 6 nitrogen and oxygen atoms in total. The Labute approximate surface area is 142 Å². The van der Waals surface area contributed by atoms with Gasteiger partial charge in [-0.15, -0.1) is 0 Å². The number of nitrogens with zero attached hydrogens (tertiary/aromatic N) is 4. The number of nitrogens with one attached hydrogen (secondary N) is 1. The summed E-state index contributed by atoms with van der Waals surface area (Å²) in [5, 5.41) is 7.89. The molecule has 2 fully saturated rings. The third kappa shape index (κ3) is 3.82. The van der Waals surface area contributed by atoms with E-state index in [1.165, 1.54) is 31.2 Å².